The van der Waals surface area contributed by atoms with Crippen LogP contribution in [0, 0.1) is 0 Å². The van der Waals surface area contributed by atoms with E-state index in [2.05, 4.69) is 4.98 Å². The first-order valence-electron chi connectivity index (χ1n) is 4.32. The van der Waals surface area contributed by atoms with Gasteiger partial charge in [0.15, 0.2) is 0 Å². The number of carbonyl (C=O) groups excluding carboxylic acids is 1. The number of Topliss-reactive ketones (excluding diaryl/α,β-unsaturated/α-hetero) is 1. The van der Waals surface area contributed by atoms with Gasteiger partial charge in [-0.3, -0.25) is 4.79 Å². The largest absolute Gasteiger partial charge is 0.359 e. The number of hydrogen-bond donors (Lipinski definition) is 0. The molecular formula is C10H14N2O. The lowest BCUT2D eigenvalue weighted by molar-refractivity contribution is -0.116. The molecule has 70 valence electrons. The van der Waals surface area contributed by atoms with Crippen LogP contribution in [0.25, 0.3) is 0 Å². The van der Waals surface area contributed by atoms with Crippen LogP contribution in [0.2, 0.25) is 0 Å². The van der Waals surface area contributed by atoms with Crippen LogP contribution in [0.5, 0.6) is 0 Å². The van der Waals surface area contributed by atoms with Gasteiger partial charge in [-0.15, -0.1) is 0 Å². The highest BCUT2D eigenvalue weighted by Crippen LogP contribution is 2.06. The molecule has 1 heterocycles. The lowest BCUT2D eigenvalue weighted by atomic mass is 10.3. The van der Waals surface area contributed by atoms with Gasteiger partial charge in [0.2, 0.25) is 0 Å². The summed E-state index contributed by atoms with van der Waals surface area (Å²) in [6, 6.07) is 5.75. The zero-order chi connectivity index (χ0) is 9.68. The molecule has 0 fully saturated rings. The molecular weight excluding hydrogens is 164 g/mol. The van der Waals surface area contributed by atoms with Crippen LogP contribution in [0.4, 0.5) is 5.82 Å². The first kappa shape index (κ1) is 9.71. The van der Waals surface area contributed by atoms with E-state index in [0.717, 1.165) is 12.4 Å². The molecule has 0 radical (unpaired) electrons. The van der Waals surface area contributed by atoms with Crippen LogP contribution in [-0.2, 0) is 4.79 Å². The standard InChI is InChI=1S/C10H14N2O/c1-9(13)6-8-12(2)10-5-3-4-7-11-10/h3-5,7H,6,8H2,1-2H3. The Labute approximate surface area is 78.4 Å². The number of nitrogens with zero attached hydrogens (tertiary/aromatic N) is 2. The number of carbonyl (C=O) groups is 1. The fraction of sp³-hybridized carbons (Fsp3) is 0.400. The Hall–Kier alpha value is -1.38. The van der Waals surface area contributed by atoms with Gasteiger partial charge in [-0.2, -0.15) is 0 Å². The minimum absolute atomic E-state index is 0.211. The number of pyridine rings is 1. The molecule has 0 amide bonds. The zero-order valence-electron chi connectivity index (χ0n) is 8.03. The first-order valence-corrected chi connectivity index (χ1v) is 4.32. The number of aromatic nitrogens is 1. The highest BCUT2D eigenvalue weighted by molar-refractivity contribution is 5.76. The molecule has 0 unspecified atom stereocenters. The average Bonchev–Trinajstić information content (AvgIpc) is 2.15. The summed E-state index contributed by atoms with van der Waals surface area (Å²) in [5.41, 5.74) is 0. The highest BCUT2D eigenvalue weighted by atomic mass is 16.1. The zero-order valence-corrected chi connectivity index (χ0v) is 8.03. The number of hydrogen-bond acceptors (Lipinski definition) is 3. The monoisotopic (exact) mass is 178 g/mol. The molecule has 0 saturated heterocycles. The summed E-state index contributed by atoms with van der Waals surface area (Å²) < 4.78 is 0. The summed E-state index contributed by atoms with van der Waals surface area (Å²) in [6.45, 7) is 2.33. The van der Waals surface area contributed by atoms with Crippen LogP contribution in [0.3, 0.4) is 0 Å². The van der Waals surface area contributed by atoms with Gasteiger partial charge >= 0.3 is 0 Å². The van der Waals surface area contributed by atoms with E-state index >= 15 is 0 Å². The van der Waals surface area contributed by atoms with Crippen LogP contribution in [0.1, 0.15) is 13.3 Å². The molecule has 0 aliphatic carbocycles. The van der Waals surface area contributed by atoms with Gasteiger partial charge < -0.3 is 4.90 Å². The molecule has 1 rings (SSSR count). The summed E-state index contributed by atoms with van der Waals surface area (Å²) in [5.74, 6) is 1.12. The molecule has 0 aliphatic rings. The second-order valence-corrected chi connectivity index (χ2v) is 3.06. The van der Waals surface area contributed by atoms with Crippen molar-refractivity contribution >= 4 is 11.6 Å². The quantitative estimate of drug-likeness (QED) is 0.700. The smallest absolute Gasteiger partial charge is 0.131 e. The third kappa shape index (κ3) is 3.23. The predicted molar refractivity (Wildman–Crippen MR) is 52.8 cm³/mol. The second kappa shape index (κ2) is 4.60. The Kier molecular flexibility index (Phi) is 3.43. The Morgan fingerprint density at radius 1 is 1.54 bits per heavy atom. The molecule has 3 heteroatoms. The summed E-state index contributed by atoms with van der Waals surface area (Å²) >= 11 is 0. The van der Waals surface area contributed by atoms with Crippen LogP contribution >= 0.6 is 0 Å². The van der Waals surface area contributed by atoms with Gasteiger partial charge in [0, 0.05) is 26.2 Å². The van der Waals surface area contributed by atoms with Gasteiger partial charge in [0.25, 0.3) is 0 Å². The average molecular weight is 178 g/mol. The maximum Gasteiger partial charge on any atom is 0.131 e. The number of ketones is 1. The molecule has 0 bridgehead atoms. The lowest BCUT2D eigenvalue weighted by Gasteiger charge is -2.16. The molecule has 13 heavy (non-hydrogen) atoms. The van der Waals surface area contributed by atoms with Gasteiger partial charge in [0.1, 0.15) is 11.6 Å². The van der Waals surface area contributed by atoms with Crippen LogP contribution < -0.4 is 4.90 Å². The number of anilines is 1. The SMILES string of the molecule is CC(=O)CCN(C)c1ccccn1. The van der Waals surface area contributed by atoms with Crippen molar-refractivity contribution in [3.63, 3.8) is 0 Å². The molecule has 0 spiro atoms. The van der Waals surface area contributed by atoms with Gasteiger partial charge in [-0.25, -0.2) is 4.98 Å². The summed E-state index contributed by atoms with van der Waals surface area (Å²) in [7, 11) is 1.94. The van der Waals surface area contributed by atoms with Crippen LogP contribution in [-0.4, -0.2) is 24.4 Å². The molecule has 0 N–H and O–H groups in total. The minimum Gasteiger partial charge on any atom is -0.359 e. The van der Waals surface area contributed by atoms with Crippen molar-refractivity contribution in [2.75, 3.05) is 18.5 Å². The molecule has 1 aromatic rings. The van der Waals surface area contributed by atoms with Gasteiger partial charge in [-0.05, 0) is 19.1 Å². The topological polar surface area (TPSA) is 33.2 Å². The summed E-state index contributed by atoms with van der Waals surface area (Å²) in [6.07, 6.45) is 2.33. The Morgan fingerprint density at radius 3 is 2.85 bits per heavy atom. The normalized spacial score (nSPS) is 9.69. The fourth-order valence-corrected chi connectivity index (χ4v) is 1.02. The van der Waals surface area contributed by atoms with E-state index in [1.165, 1.54) is 0 Å². The third-order valence-corrected chi connectivity index (χ3v) is 1.84. The second-order valence-electron chi connectivity index (χ2n) is 3.06. The van der Waals surface area contributed by atoms with Crippen molar-refractivity contribution in [3.05, 3.63) is 24.4 Å². The lowest BCUT2D eigenvalue weighted by Crippen LogP contribution is -2.21. The van der Waals surface area contributed by atoms with Gasteiger partial charge in [-0.1, -0.05) is 6.07 Å². The van der Waals surface area contributed by atoms with E-state index in [1.807, 2.05) is 30.1 Å². The van der Waals surface area contributed by atoms with E-state index in [9.17, 15) is 4.79 Å². The van der Waals surface area contributed by atoms with E-state index in [0.29, 0.717) is 6.42 Å². The maximum absolute atomic E-state index is 10.7. The maximum atomic E-state index is 10.7. The van der Waals surface area contributed by atoms with Crippen molar-refractivity contribution in [1.29, 1.82) is 0 Å². The highest BCUT2D eigenvalue weighted by Gasteiger charge is 2.01. The van der Waals surface area contributed by atoms with Crippen molar-refractivity contribution in [2.24, 2.45) is 0 Å². The van der Waals surface area contributed by atoms with E-state index < -0.39 is 0 Å². The van der Waals surface area contributed by atoms with E-state index in [-0.39, 0.29) is 5.78 Å². The van der Waals surface area contributed by atoms with E-state index in [4.69, 9.17) is 0 Å². The van der Waals surface area contributed by atoms with Crippen molar-refractivity contribution in [3.8, 4) is 0 Å². The fourth-order valence-electron chi connectivity index (χ4n) is 1.02. The molecule has 3 nitrogen and oxygen atoms in total. The molecule has 0 aliphatic heterocycles. The van der Waals surface area contributed by atoms with Crippen molar-refractivity contribution in [1.82, 2.24) is 4.98 Å². The molecule has 0 saturated carbocycles. The van der Waals surface area contributed by atoms with Crippen molar-refractivity contribution in [2.45, 2.75) is 13.3 Å². The van der Waals surface area contributed by atoms with Crippen molar-refractivity contribution < 1.29 is 4.79 Å². The van der Waals surface area contributed by atoms with E-state index in [1.54, 1.807) is 13.1 Å². The van der Waals surface area contributed by atoms with Gasteiger partial charge in [0.05, 0.1) is 0 Å². The Bertz CT molecular complexity index is 272. The Morgan fingerprint density at radius 2 is 2.31 bits per heavy atom. The molecule has 0 atom stereocenters. The number of rotatable bonds is 4. The third-order valence-electron chi connectivity index (χ3n) is 1.84. The minimum atomic E-state index is 0.211. The predicted octanol–water partition coefficient (Wildman–Crippen LogP) is 1.50. The molecule has 1 aromatic heterocycles. The molecule has 0 aromatic carbocycles. The Balaban J connectivity index is 2.49. The van der Waals surface area contributed by atoms with Crippen LogP contribution in [0.15, 0.2) is 24.4 Å². The first-order chi connectivity index (χ1) is 6.20. The summed E-state index contributed by atoms with van der Waals surface area (Å²) in [5, 5.41) is 0. The summed E-state index contributed by atoms with van der Waals surface area (Å²) in [4.78, 5) is 16.9.